The number of hydrogen-bond donors (Lipinski definition) is 1. The topological polar surface area (TPSA) is 29.5 Å². The molecule has 2 rings (SSSR count). The van der Waals surface area contributed by atoms with Crippen LogP contribution in [0.1, 0.15) is 37.8 Å². The fourth-order valence-electron chi connectivity index (χ4n) is 2.10. The molecule has 0 saturated carbocycles. The van der Waals surface area contributed by atoms with E-state index in [0.29, 0.717) is 12.4 Å². The lowest BCUT2D eigenvalue weighted by molar-refractivity contribution is 0.0150. The molecule has 1 aromatic carbocycles. The molecular weight excluding hydrogens is 212 g/mol. The van der Waals surface area contributed by atoms with Crippen molar-refractivity contribution in [2.45, 2.75) is 38.7 Å². The second kappa shape index (κ2) is 4.92. The first-order chi connectivity index (χ1) is 8.14. The second-order valence-electron chi connectivity index (χ2n) is 4.68. The van der Waals surface area contributed by atoms with Crippen molar-refractivity contribution in [3.05, 3.63) is 47.2 Å². The predicted molar refractivity (Wildman–Crippen MR) is 68.7 cm³/mol. The highest BCUT2D eigenvalue weighted by Crippen LogP contribution is 2.32. The van der Waals surface area contributed by atoms with Gasteiger partial charge in [-0.25, -0.2) is 0 Å². The number of aliphatic hydroxyl groups is 1. The van der Waals surface area contributed by atoms with Crippen LogP contribution in [0.3, 0.4) is 0 Å². The predicted octanol–water partition coefficient (Wildman–Crippen LogP) is 3.15. The Labute approximate surface area is 103 Å². The first-order valence-corrected chi connectivity index (χ1v) is 6.30. The molecule has 1 aliphatic rings. The summed E-state index contributed by atoms with van der Waals surface area (Å²) in [6, 6.07) is 8.09. The second-order valence-corrected chi connectivity index (χ2v) is 4.68. The highest BCUT2D eigenvalue weighted by molar-refractivity contribution is 5.32. The van der Waals surface area contributed by atoms with Crippen LogP contribution in [0.15, 0.2) is 36.1 Å². The summed E-state index contributed by atoms with van der Waals surface area (Å²) in [6.07, 6.45) is 5.03. The Morgan fingerprint density at radius 1 is 1.29 bits per heavy atom. The molecule has 0 aliphatic carbocycles. The average Bonchev–Trinajstić information content (AvgIpc) is 2.40. The molecule has 0 fully saturated rings. The molecule has 0 bridgehead atoms. The van der Waals surface area contributed by atoms with E-state index < -0.39 is 5.60 Å². The standard InChI is InChI=1S/C15H20O2/c1-3-12-7-9-13(10-8-12)15(2,16)14-6-4-5-11-17-14/h6-10,16H,3-5,11H2,1-2H3. The quantitative estimate of drug-likeness (QED) is 0.867. The van der Waals surface area contributed by atoms with Crippen LogP contribution in [0.4, 0.5) is 0 Å². The summed E-state index contributed by atoms with van der Waals surface area (Å²) in [7, 11) is 0. The Bertz CT molecular complexity index is 401. The van der Waals surface area contributed by atoms with Crippen LogP contribution in [-0.2, 0) is 16.8 Å². The fourth-order valence-corrected chi connectivity index (χ4v) is 2.10. The van der Waals surface area contributed by atoms with Gasteiger partial charge in [-0.2, -0.15) is 0 Å². The minimum atomic E-state index is -1.01. The maximum Gasteiger partial charge on any atom is 0.143 e. The summed E-state index contributed by atoms with van der Waals surface area (Å²) in [5.41, 5.74) is 1.16. The van der Waals surface area contributed by atoms with Crippen LogP contribution in [-0.4, -0.2) is 11.7 Å². The van der Waals surface area contributed by atoms with E-state index in [1.807, 2.05) is 18.2 Å². The zero-order valence-corrected chi connectivity index (χ0v) is 10.6. The maximum atomic E-state index is 10.6. The van der Waals surface area contributed by atoms with Crippen molar-refractivity contribution in [3.8, 4) is 0 Å². The molecule has 0 saturated heterocycles. The van der Waals surface area contributed by atoms with E-state index in [2.05, 4.69) is 19.1 Å². The van der Waals surface area contributed by atoms with E-state index in [1.165, 1.54) is 5.56 Å². The first-order valence-electron chi connectivity index (χ1n) is 6.30. The summed E-state index contributed by atoms with van der Waals surface area (Å²) in [5, 5.41) is 10.6. The summed E-state index contributed by atoms with van der Waals surface area (Å²) in [4.78, 5) is 0. The van der Waals surface area contributed by atoms with Gasteiger partial charge in [0.25, 0.3) is 0 Å². The summed E-state index contributed by atoms with van der Waals surface area (Å²) in [6.45, 7) is 4.63. The van der Waals surface area contributed by atoms with Gasteiger partial charge in [0.15, 0.2) is 0 Å². The van der Waals surface area contributed by atoms with Gasteiger partial charge in [-0.3, -0.25) is 0 Å². The van der Waals surface area contributed by atoms with E-state index in [9.17, 15) is 5.11 Å². The Hall–Kier alpha value is -1.28. The number of benzene rings is 1. The zero-order chi connectivity index (χ0) is 12.3. The molecule has 2 nitrogen and oxygen atoms in total. The van der Waals surface area contributed by atoms with E-state index >= 15 is 0 Å². The van der Waals surface area contributed by atoms with Gasteiger partial charge in [0, 0.05) is 0 Å². The zero-order valence-electron chi connectivity index (χ0n) is 10.6. The number of allylic oxidation sites excluding steroid dienone is 1. The van der Waals surface area contributed by atoms with Gasteiger partial charge >= 0.3 is 0 Å². The van der Waals surface area contributed by atoms with Crippen molar-refractivity contribution in [1.29, 1.82) is 0 Å². The van der Waals surface area contributed by atoms with Crippen LogP contribution in [0.5, 0.6) is 0 Å². The maximum absolute atomic E-state index is 10.6. The van der Waals surface area contributed by atoms with Gasteiger partial charge < -0.3 is 9.84 Å². The third-order valence-corrected chi connectivity index (χ3v) is 3.34. The molecule has 92 valence electrons. The Morgan fingerprint density at radius 2 is 2.00 bits per heavy atom. The van der Waals surface area contributed by atoms with Gasteiger partial charge in [-0.1, -0.05) is 31.2 Å². The van der Waals surface area contributed by atoms with Crippen molar-refractivity contribution in [2.24, 2.45) is 0 Å². The molecule has 0 radical (unpaired) electrons. The highest BCUT2D eigenvalue weighted by Gasteiger charge is 2.30. The molecule has 0 spiro atoms. The van der Waals surface area contributed by atoms with Crippen molar-refractivity contribution in [2.75, 3.05) is 6.61 Å². The molecule has 1 aliphatic heterocycles. The minimum absolute atomic E-state index is 0.688. The Kier molecular flexibility index (Phi) is 3.53. The van der Waals surface area contributed by atoms with E-state index in [0.717, 1.165) is 24.8 Å². The average molecular weight is 232 g/mol. The molecule has 0 amide bonds. The SMILES string of the molecule is CCc1ccc(C(C)(O)C2=CCCCO2)cc1. The van der Waals surface area contributed by atoms with E-state index in [1.54, 1.807) is 6.92 Å². The van der Waals surface area contributed by atoms with Gasteiger partial charge in [-0.05, 0) is 43.4 Å². The smallest absolute Gasteiger partial charge is 0.143 e. The van der Waals surface area contributed by atoms with Crippen LogP contribution in [0.25, 0.3) is 0 Å². The fraction of sp³-hybridized carbons (Fsp3) is 0.467. The molecule has 1 N–H and O–H groups in total. The summed E-state index contributed by atoms with van der Waals surface area (Å²) >= 11 is 0. The minimum Gasteiger partial charge on any atom is -0.495 e. The van der Waals surface area contributed by atoms with Gasteiger partial charge in [0.05, 0.1) is 6.61 Å². The van der Waals surface area contributed by atoms with Crippen molar-refractivity contribution in [1.82, 2.24) is 0 Å². The number of aryl methyl sites for hydroxylation is 1. The number of ether oxygens (including phenoxy) is 1. The monoisotopic (exact) mass is 232 g/mol. The molecule has 0 aromatic heterocycles. The lowest BCUT2D eigenvalue weighted by Gasteiger charge is -2.29. The van der Waals surface area contributed by atoms with Crippen LogP contribution in [0.2, 0.25) is 0 Å². The molecule has 17 heavy (non-hydrogen) atoms. The largest absolute Gasteiger partial charge is 0.495 e. The molecule has 1 heterocycles. The van der Waals surface area contributed by atoms with Gasteiger partial charge in [-0.15, -0.1) is 0 Å². The molecule has 2 heteroatoms. The molecule has 1 unspecified atom stereocenters. The van der Waals surface area contributed by atoms with Crippen molar-refractivity contribution < 1.29 is 9.84 Å². The number of hydrogen-bond acceptors (Lipinski definition) is 2. The summed E-state index contributed by atoms with van der Waals surface area (Å²) in [5.74, 6) is 0.688. The Balaban J connectivity index is 2.26. The molecule has 1 atom stereocenters. The normalized spacial score (nSPS) is 19.1. The number of rotatable bonds is 3. The third-order valence-electron chi connectivity index (χ3n) is 3.34. The van der Waals surface area contributed by atoms with Crippen LogP contribution in [0, 0.1) is 0 Å². The lowest BCUT2D eigenvalue weighted by Crippen LogP contribution is -2.27. The molecule has 1 aromatic rings. The van der Waals surface area contributed by atoms with Gasteiger partial charge in [0.1, 0.15) is 11.4 Å². The van der Waals surface area contributed by atoms with Crippen LogP contribution >= 0.6 is 0 Å². The molecular formula is C15H20O2. The first kappa shape index (κ1) is 12.2. The van der Waals surface area contributed by atoms with Crippen molar-refractivity contribution >= 4 is 0 Å². The van der Waals surface area contributed by atoms with Crippen molar-refractivity contribution in [3.63, 3.8) is 0 Å². The third kappa shape index (κ3) is 2.52. The van der Waals surface area contributed by atoms with E-state index in [-0.39, 0.29) is 0 Å². The van der Waals surface area contributed by atoms with Crippen LogP contribution < -0.4 is 0 Å². The van der Waals surface area contributed by atoms with Gasteiger partial charge in [0.2, 0.25) is 0 Å². The summed E-state index contributed by atoms with van der Waals surface area (Å²) < 4.78 is 5.56. The highest BCUT2D eigenvalue weighted by atomic mass is 16.5. The van der Waals surface area contributed by atoms with E-state index in [4.69, 9.17) is 4.74 Å². The Morgan fingerprint density at radius 3 is 2.53 bits per heavy atom. The lowest BCUT2D eigenvalue weighted by atomic mass is 9.91.